The fraction of sp³-hybridized carbons (Fsp3) is 0. The Kier molecular flexibility index (Phi) is 3.28. The van der Waals surface area contributed by atoms with Crippen LogP contribution in [0.4, 0.5) is 8.78 Å². The molecule has 0 unspecified atom stereocenters. The average molecular weight is 311 g/mol. The van der Waals surface area contributed by atoms with E-state index < -0.39 is 11.6 Å². The molecule has 1 heterocycles. The molecule has 3 rings (SSSR count). The van der Waals surface area contributed by atoms with Gasteiger partial charge in [-0.1, -0.05) is 29.3 Å². The van der Waals surface area contributed by atoms with Crippen molar-refractivity contribution in [3.8, 4) is 11.4 Å². The van der Waals surface area contributed by atoms with Gasteiger partial charge in [0.25, 0.3) is 0 Å². The highest BCUT2D eigenvalue weighted by Gasteiger charge is 2.13. The van der Waals surface area contributed by atoms with Gasteiger partial charge in [0.2, 0.25) is 0 Å². The first-order valence-corrected chi connectivity index (χ1v) is 6.39. The highest BCUT2D eigenvalue weighted by molar-refractivity contribution is 6.35. The molecule has 20 heavy (non-hydrogen) atoms. The SMILES string of the molecule is Fc1ccc2nc(-c3cccc(F)c3Cl)nc(Cl)c2c1. The molecule has 0 aliphatic heterocycles. The molecule has 1 aromatic heterocycles. The summed E-state index contributed by atoms with van der Waals surface area (Å²) >= 11 is 11.9. The summed E-state index contributed by atoms with van der Waals surface area (Å²) in [6.45, 7) is 0. The van der Waals surface area contributed by atoms with E-state index in [4.69, 9.17) is 23.2 Å². The van der Waals surface area contributed by atoms with Gasteiger partial charge in [-0.25, -0.2) is 18.7 Å². The molecule has 100 valence electrons. The monoisotopic (exact) mass is 310 g/mol. The molecule has 0 N–H and O–H groups in total. The molecule has 0 atom stereocenters. The van der Waals surface area contributed by atoms with Gasteiger partial charge < -0.3 is 0 Å². The fourth-order valence-electron chi connectivity index (χ4n) is 1.86. The van der Waals surface area contributed by atoms with E-state index in [0.29, 0.717) is 16.5 Å². The first-order valence-electron chi connectivity index (χ1n) is 5.63. The minimum Gasteiger partial charge on any atom is -0.228 e. The second-order valence-electron chi connectivity index (χ2n) is 4.10. The molecule has 0 bridgehead atoms. The van der Waals surface area contributed by atoms with Crippen LogP contribution in [-0.4, -0.2) is 9.97 Å². The highest BCUT2D eigenvalue weighted by atomic mass is 35.5. The molecule has 0 saturated heterocycles. The van der Waals surface area contributed by atoms with Gasteiger partial charge in [0.05, 0.1) is 10.5 Å². The molecule has 0 saturated carbocycles. The van der Waals surface area contributed by atoms with Gasteiger partial charge in [0.15, 0.2) is 5.82 Å². The van der Waals surface area contributed by atoms with Gasteiger partial charge >= 0.3 is 0 Å². The summed E-state index contributed by atoms with van der Waals surface area (Å²) in [5.41, 5.74) is 0.793. The maximum Gasteiger partial charge on any atom is 0.163 e. The molecule has 0 spiro atoms. The van der Waals surface area contributed by atoms with Crippen LogP contribution in [0.3, 0.4) is 0 Å². The minimum absolute atomic E-state index is 0.0787. The zero-order valence-electron chi connectivity index (χ0n) is 9.87. The van der Waals surface area contributed by atoms with Crippen molar-refractivity contribution in [3.05, 3.63) is 58.2 Å². The molecule has 2 nitrogen and oxygen atoms in total. The number of rotatable bonds is 1. The Hall–Kier alpha value is -1.78. The number of benzene rings is 2. The van der Waals surface area contributed by atoms with E-state index >= 15 is 0 Å². The van der Waals surface area contributed by atoms with Crippen LogP contribution in [0.2, 0.25) is 10.2 Å². The summed E-state index contributed by atoms with van der Waals surface area (Å²) in [6.07, 6.45) is 0. The third-order valence-electron chi connectivity index (χ3n) is 2.80. The van der Waals surface area contributed by atoms with E-state index in [2.05, 4.69) is 9.97 Å². The molecule has 0 radical (unpaired) electrons. The molecular weight excluding hydrogens is 305 g/mol. The lowest BCUT2D eigenvalue weighted by Gasteiger charge is -2.06. The lowest BCUT2D eigenvalue weighted by atomic mass is 10.2. The second kappa shape index (κ2) is 4.96. The average Bonchev–Trinajstić information content (AvgIpc) is 2.42. The Balaban J connectivity index is 2.28. The second-order valence-corrected chi connectivity index (χ2v) is 4.84. The predicted molar refractivity (Wildman–Crippen MR) is 74.9 cm³/mol. The van der Waals surface area contributed by atoms with Crippen LogP contribution in [0.25, 0.3) is 22.3 Å². The quantitative estimate of drug-likeness (QED) is 0.598. The molecule has 0 amide bonds. The first-order chi connectivity index (χ1) is 9.56. The summed E-state index contributed by atoms with van der Waals surface area (Å²) in [6, 6.07) is 8.32. The number of fused-ring (bicyclic) bond motifs is 1. The van der Waals surface area contributed by atoms with Crippen molar-refractivity contribution in [2.75, 3.05) is 0 Å². The van der Waals surface area contributed by atoms with Crippen LogP contribution in [0.5, 0.6) is 0 Å². The van der Waals surface area contributed by atoms with Crippen LogP contribution in [0.1, 0.15) is 0 Å². The Morgan fingerprint density at radius 1 is 0.950 bits per heavy atom. The van der Waals surface area contributed by atoms with E-state index in [0.717, 1.165) is 0 Å². The third-order valence-corrected chi connectivity index (χ3v) is 3.48. The zero-order chi connectivity index (χ0) is 14.3. The van der Waals surface area contributed by atoms with Gasteiger partial charge in [0.1, 0.15) is 16.8 Å². The minimum atomic E-state index is -0.567. The van der Waals surface area contributed by atoms with Crippen molar-refractivity contribution in [1.82, 2.24) is 9.97 Å². The van der Waals surface area contributed by atoms with Crippen LogP contribution >= 0.6 is 23.2 Å². The third kappa shape index (κ3) is 2.21. The lowest BCUT2D eigenvalue weighted by Crippen LogP contribution is -1.94. The number of halogens is 4. The van der Waals surface area contributed by atoms with Crippen LogP contribution < -0.4 is 0 Å². The van der Waals surface area contributed by atoms with Crippen molar-refractivity contribution >= 4 is 34.1 Å². The van der Waals surface area contributed by atoms with Crippen molar-refractivity contribution in [2.45, 2.75) is 0 Å². The molecule has 6 heteroatoms. The van der Waals surface area contributed by atoms with Gasteiger partial charge in [0, 0.05) is 10.9 Å². The van der Waals surface area contributed by atoms with Crippen molar-refractivity contribution < 1.29 is 8.78 Å². The standard InChI is InChI=1S/C14H6Cl2F2N2/c15-12-8(2-1-3-10(12)18)14-19-11-5-4-7(17)6-9(11)13(16)20-14/h1-6H. The molecular formula is C14H6Cl2F2N2. The summed E-state index contributed by atoms with van der Waals surface area (Å²) in [5.74, 6) is -0.804. The molecule has 3 aromatic rings. The Morgan fingerprint density at radius 2 is 1.75 bits per heavy atom. The largest absolute Gasteiger partial charge is 0.228 e. The number of aromatic nitrogens is 2. The maximum absolute atomic E-state index is 13.5. The first kappa shape index (κ1) is 13.2. The molecule has 0 fully saturated rings. The van der Waals surface area contributed by atoms with Gasteiger partial charge in [-0.3, -0.25) is 0 Å². The lowest BCUT2D eigenvalue weighted by molar-refractivity contribution is 0.628. The number of hydrogen-bond acceptors (Lipinski definition) is 2. The summed E-state index contributed by atoms with van der Waals surface area (Å²) < 4.78 is 26.6. The summed E-state index contributed by atoms with van der Waals surface area (Å²) in [5, 5.41) is 0.401. The fourth-order valence-corrected chi connectivity index (χ4v) is 2.30. The van der Waals surface area contributed by atoms with E-state index in [1.54, 1.807) is 6.07 Å². The Bertz CT molecular complexity index is 822. The normalized spacial score (nSPS) is 11.0. The summed E-state index contributed by atoms with van der Waals surface area (Å²) in [7, 11) is 0. The highest BCUT2D eigenvalue weighted by Crippen LogP contribution is 2.30. The van der Waals surface area contributed by atoms with E-state index in [9.17, 15) is 8.78 Å². The number of nitrogens with zero attached hydrogens (tertiary/aromatic N) is 2. The zero-order valence-corrected chi connectivity index (χ0v) is 11.4. The van der Waals surface area contributed by atoms with Crippen molar-refractivity contribution in [3.63, 3.8) is 0 Å². The topological polar surface area (TPSA) is 25.8 Å². The molecule has 0 aliphatic carbocycles. The van der Waals surface area contributed by atoms with Gasteiger partial charge in [-0.15, -0.1) is 0 Å². The van der Waals surface area contributed by atoms with E-state index in [1.807, 2.05) is 0 Å². The molecule has 2 aromatic carbocycles. The van der Waals surface area contributed by atoms with Gasteiger partial charge in [-0.05, 0) is 30.3 Å². The Morgan fingerprint density at radius 3 is 2.55 bits per heavy atom. The maximum atomic E-state index is 13.5. The Labute approximate surface area is 123 Å². The van der Waals surface area contributed by atoms with E-state index in [1.165, 1.54) is 30.3 Å². The van der Waals surface area contributed by atoms with Crippen LogP contribution in [0.15, 0.2) is 36.4 Å². The van der Waals surface area contributed by atoms with Crippen molar-refractivity contribution in [2.24, 2.45) is 0 Å². The van der Waals surface area contributed by atoms with Gasteiger partial charge in [-0.2, -0.15) is 0 Å². The smallest absolute Gasteiger partial charge is 0.163 e. The molecule has 0 aliphatic rings. The van der Waals surface area contributed by atoms with Crippen LogP contribution in [-0.2, 0) is 0 Å². The summed E-state index contributed by atoms with van der Waals surface area (Å²) in [4.78, 5) is 8.29. The predicted octanol–water partition coefficient (Wildman–Crippen LogP) is 4.88. The van der Waals surface area contributed by atoms with Crippen molar-refractivity contribution in [1.29, 1.82) is 0 Å². The number of hydrogen-bond donors (Lipinski definition) is 0. The van der Waals surface area contributed by atoms with E-state index in [-0.39, 0.29) is 16.0 Å². The van der Waals surface area contributed by atoms with Crippen LogP contribution in [0, 0.1) is 11.6 Å².